The lowest BCUT2D eigenvalue weighted by molar-refractivity contribution is -0.165. The number of likely N-dealkylation sites (tertiary alicyclic amines) is 1. The highest BCUT2D eigenvalue weighted by Gasteiger charge is 2.76. The number of likely N-dealkylation sites (N-methyl/N-ethyl adjacent to an activating group) is 1. The fourth-order valence-electron chi connectivity index (χ4n) is 5.07. The predicted octanol–water partition coefficient (Wildman–Crippen LogP) is 2.34. The molecule has 1 aliphatic heterocycles. The summed E-state index contributed by atoms with van der Waals surface area (Å²) in [4.78, 5) is 42.2. The van der Waals surface area contributed by atoms with Gasteiger partial charge in [-0.2, -0.15) is 0 Å². The molecule has 2 atom stereocenters. The van der Waals surface area contributed by atoms with Gasteiger partial charge in [0.25, 0.3) is 0 Å². The maximum Gasteiger partial charge on any atom is 0.317 e. The van der Waals surface area contributed by atoms with E-state index in [0.29, 0.717) is 12.1 Å². The van der Waals surface area contributed by atoms with Crippen molar-refractivity contribution in [2.75, 3.05) is 20.7 Å². The summed E-state index contributed by atoms with van der Waals surface area (Å²) in [5.41, 5.74) is -1.59. The number of hydrogen-bond donors (Lipinski definition) is 1. The quantitative estimate of drug-likeness (QED) is 0.637. The lowest BCUT2D eigenvalue weighted by atomic mass is 9.62. The Labute approximate surface area is 169 Å². The zero-order valence-corrected chi connectivity index (χ0v) is 16.6. The average molecular weight is 393 g/mol. The molecule has 29 heavy (non-hydrogen) atoms. The van der Waals surface area contributed by atoms with Crippen LogP contribution in [0.1, 0.15) is 44.4 Å². The van der Waals surface area contributed by atoms with Gasteiger partial charge in [0.15, 0.2) is 17.1 Å². The van der Waals surface area contributed by atoms with E-state index in [1.807, 2.05) is 19.1 Å². The SMILES string of the molecule is COC(=O)C1(C(O)c2ccc(C)cc2)CCN(C)C12C(=O)c1ccccc1C2=O. The summed E-state index contributed by atoms with van der Waals surface area (Å²) < 4.78 is 5.10. The summed E-state index contributed by atoms with van der Waals surface area (Å²) >= 11 is 0. The Bertz CT molecular complexity index is 977. The number of benzene rings is 2. The number of aliphatic hydroxyl groups is 1. The number of rotatable bonds is 3. The number of fused-ring (bicyclic) bond motifs is 1. The molecule has 0 radical (unpaired) electrons. The number of ether oxygens (including phenoxy) is 1. The van der Waals surface area contributed by atoms with E-state index in [1.165, 1.54) is 7.11 Å². The van der Waals surface area contributed by atoms with Crippen LogP contribution in [0.25, 0.3) is 0 Å². The fourth-order valence-corrected chi connectivity index (χ4v) is 5.07. The van der Waals surface area contributed by atoms with E-state index in [2.05, 4.69) is 0 Å². The normalized spacial score (nSPS) is 24.0. The van der Waals surface area contributed by atoms with Gasteiger partial charge in [-0.15, -0.1) is 0 Å². The Morgan fingerprint density at radius 3 is 2.14 bits per heavy atom. The number of aliphatic hydroxyl groups excluding tert-OH is 1. The molecule has 4 rings (SSSR count). The first-order valence-corrected chi connectivity index (χ1v) is 9.55. The number of hydrogen-bond acceptors (Lipinski definition) is 6. The Morgan fingerprint density at radius 1 is 1.07 bits per heavy atom. The standard InChI is InChI=1S/C23H23NO5/c1-14-8-10-15(11-9-14)18(25)22(21(28)29-3)12-13-24(2)23(22)19(26)16-6-4-5-7-17(16)20(23)27/h4-11,18,25H,12-13H2,1-3H3. The van der Waals surface area contributed by atoms with E-state index in [-0.39, 0.29) is 17.5 Å². The van der Waals surface area contributed by atoms with Gasteiger partial charge in [0.05, 0.1) is 13.2 Å². The van der Waals surface area contributed by atoms with Gasteiger partial charge in [-0.1, -0.05) is 54.1 Å². The van der Waals surface area contributed by atoms with E-state index in [0.717, 1.165) is 5.56 Å². The van der Waals surface area contributed by atoms with E-state index in [4.69, 9.17) is 4.74 Å². The molecule has 6 heteroatoms. The van der Waals surface area contributed by atoms with Crippen LogP contribution in [0, 0.1) is 12.3 Å². The van der Waals surface area contributed by atoms with E-state index < -0.39 is 34.6 Å². The van der Waals surface area contributed by atoms with Crippen molar-refractivity contribution in [2.45, 2.75) is 25.0 Å². The van der Waals surface area contributed by atoms with E-state index in [1.54, 1.807) is 48.3 Å². The minimum absolute atomic E-state index is 0.122. The Balaban J connectivity index is 1.99. The topological polar surface area (TPSA) is 83.9 Å². The van der Waals surface area contributed by atoms with Crippen molar-refractivity contribution in [1.29, 1.82) is 0 Å². The van der Waals surface area contributed by atoms with Crippen LogP contribution in [0.5, 0.6) is 0 Å². The largest absolute Gasteiger partial charge is 0.468 e. The van der Waals surface area contributed by atoms with Crippen molar-refractivity contribution in [3.8, 4) is 0 Å². The Morgan fingerprint density at radius 2 is 1.62 bits per heavy atom. The summed E-state index contributed by atoms with van der Waals surface area (Å²) in [6.07, 6.45) is -1.26. The first kappa shape index (κ1) is 19.5. The van der Waals surface area contributed by atoms with Crippen LogP contribution in [0.4, 0.5) is 0 Å². The van der Waals surface area contributed by atoms with Gasteiger partial charge in [0.1, 0.15) is 5.41 Å². The maximum absolute atomic E-state index is 13.7. The summed E-state index contributed by atoms with van der Waals surface area (Å²) in [6.45, 7) is 2.21. The summed E-state index contributed by atoms with van der Waals surface area (Å²) in [7, 11) is 2.86. The van der Waals surface area contributed by atoms with Gasteiger partial charge in [-0.05, 0) is 26.0 Å². The van der Waals surface area contributed by atoms with Crippen molar-refractivity contribution in [2.24, 2.45) is 5.41 Å². The molecule has 0 bridgehead atoms. The lowest BCUT2D eigenvalue weighted by Crippen LogP contribution is -2.65. The maximum atomic E-state index is 13.7. The third kappa shape index (κ3) is 2.27. The first-order valence-electron chi connectivity index (χ1n) is 9.55. The summed E-state index contributed by atoms with van der Waals surface area (Å²) in [5.74, 6) is -1.69. The molecule has 150 valence electrons. The molecule has 1 saturated heterocycles. The number of Topliss-reactive ketones (excluding diaryl/α,β-unsaturated/α-hetero) is 2. The van der Waals surface area contributed by atoms with Gasteiger partial charge in [-0.25, -0.2) is 0 Å². The summed E-state index contributed by atoms with van der Waals surface area (Å²) in [6, 6.07) is 13.6. The molecular weight excluding hydrogens is 370 g/mol. The zero-order valence-electron chi connectivity index (χ0n) is 16.6. The molecule has 1 N–H and O–H groups in total. The van der Waals surface area contributed by atoms with Crippen LogP contribution >= 0.6 is 0 Å². The van der Waals surface area contributed by atoms with E-state index >= 15 is 0 Å². The highest BCUT2D eigenvalue weighted by atomic mass is 16.5. The zero-order chi connectivity index (χ0) is 21.0. The monoisotopic (exact) mass is 393 g/mol. The number of ketones is 2. The molecule has 1 fully saturated rings. The molecule has 2 aromatic carbocycles. The van der Waals surface area contributed by atoms with Gasteiger partial charge in [0.2, 0.25) is 0 Å². The van der Waals surface area contributed by atoms with Crippen LogP contribution in [0.15, 0.2) is 48.5 Å². The number of nitrogens with zero attached hydrogens (tertiary/aromatic N) is 1. The van der Waals surface area contributed by atoms with Crippen molar-refractivity contribution < 1.29 is 24.2 Å². The highest BCUT2D eigenvalue weighted by Crippen LogP contribution is 2.58. The van der Waals surface area contributed by atoms with Crippen molar-refractivity contribution >= 4 is 17.5 Å². The molecule has 1 heterocycles. The highest BCUT2D eigenvalue weighted by molar-refractivity contribution is 6.35. The smallest absolute Gasteiger partial charge is 0.317 e. The van der Waals surface area contributed by atoms with Gasteiger partial charge in [0, 0.05) is 17.7 Å². The van der Waals surface area contributed by atoms with Gasteiger partial charge in [-0.3, -0.25) is 19.3 Å². The summed E-state index contributed by atoms with van der Waals surface area (Å²) in [5, 5.41) is 11.5. The molecule has 1 spiro atoms. The van der Waals surface area contributed by atoms with Crippen LogP contribution in [0.3, 0.4) is 0 Å². The molecule has 2 unspecified atom stereocenters. The van der Waals surface area contributed by atoms with Crippen molar-refractivity contribution in [1.82, 2.24) is 4.90 Å². The molecule has 1 aliphatic carbocycles. The average Bonchev–Trinajstić information content (AvgIpc) is 3.17. The number of carbonyl (C=O) groups is 3. The Kier molecular flexibility index (Phi) is 4.44. The van der Waals surface area contributed by atoms with Gasteiger partial charge >= 0.3 is 5.97 Å². The second-order valence-corrected chi connectivity index (χ2v) is 7.86. The van der Waals surface area contributed by atoms with Crippen LogP contribution in [-0.4, -0.2) is 53.8 Å². The van der Waals surface area contributed by atoms with Crippen molar-refractivity contribution in [3.05, 3.63) is 70.8 Å². The molecule has 0 aromatic heterocycles. The third-order valence-electron chi connectivity index (χ3n) is 6.54. The molecule has 6 nitrogen and oxygen atoms in total. The minimum atomic E-state index is -1.84. The molecule has 2 aliphatic rings. The molecule has 0 amide bonds. The number of methoxy groups -OCH3 is 1. The molecular formula is C23H23NO5. The Hall–Kier alpha value is -2.83. The van der Waals surface area contributed by atoms with Crippen LogP contribution in [-0.2, 0) is 9.53 Å². The predicted molar refractivity (Wildman–Crippen MR) is 106 cm³/mol. The minimum Gasteiger partial charge on any atom is -0.468 e. The second-order valence-electron chi connectivity index (χ2n) is 7.86. The number of carbonyl (C=O) groups excluding carboxylic acids is 3. The third-order valence-corrected chi connectivity index (χ3v) is 6.54. The first-order chi connectivity index (χ1) is 13.8. The van der Waals surface area contributed by atoms with Crippen molar-refractivity contribution in [3.63, 3.8) is 0 Å². The second kappa shape index (κ2) is 6.61. The molecule has 2 aromatic rings. The van der Waals surface area contributed by atoms with Gasteiger partial charge < -0.3 is 9.84 Å². The van der Waals surface area contributed by atoms with Crippen LogP contribution < -0.4 is 0 Å². The van der Waals surface area contributed by atoms with E-state index in [9.17, 15) is 19.5 Å². The number of aryl methyl sites for hydroxylation is 1. The number of esters is 1. The van der Waals surface area contributed by atoms with Crippen LogP contribution in [0.2, 0.25) is 0 Å². The molecule has 0 saturated carbocycles. The fraction of sp³-hybridized carbons (Fsp3) is 0.348. The lowest BCUT2D eigenvalue weighted by Gasteiger charge is -2.44.